The number of aromatic carboxylic acids is 1. The second-order valence-electron chi connectivity index (χ2n) is 6.10. The second-order valence-corrected chi connectivity index (χ2v) is 6.10. The quantitative estimate of drug-likeness (QED) is 0.919. The predicted octanol–water partition coefficient (Wildman–Crippen LogP) is 3.48. The summed E-state index contributed by atoms with van der Waals surface area (Å²) in [6, 6.07) is 5.32. The van der Waals surface area contributed by atoms with Crippen molar-refractivity contribution in [3.63, 3.8) is 0 Å². The maximum absolute atomic E-state index is 11.2. The van der Waals surface area contributed by atoms with Gasteiger partial charge in [0.25, 0.3) is 0 Å². The summed E-state index contributed by atoms with van der Waals surface area (Å²) in [7, 11) is 0. The zero-order valence-electron chi connectivity index (χ0n) is 11.9. The first-order valence-corrected chi connectivity index (χ1v) is 6.49. The molecule has 0 saturated heterocycles. The third kappa shape index (κ3) is 2.78. The van der Waals surface area contributed by atoms with Gasteiger partial charge in [0.1, 0.15) is 11.3 Å². The molecule has 0 aliphatic carbocycles. The number of aryl methyl sites for hydroxylation is 2. The van der Waals surface area contributed by atoms with Gasteiger partial charge in [0.2, 0.25) is 0 Å². The fourth-order valence-corrected chi connectivity index (χ4v) is 2.17. The van der Waals surface area contributed by atoms with Crippen LogP contribution in [0.2, 0.25) is 0 Å². The van der Waals surface area contributed by atoms with Crippen LogP contribution in [0.3, 0.4) is 0 Å². The molecule has 0 atom stereocenters. The fourth-order valence-electron chi connectivity index (χ4n) is 2.17. The number of imidazole rings is 1. The molecule has 1 aromatic carbocycles. The van der Waals surface area contributed by atoms with Gasteiger partial charge in [-0.05, 0) is 30.9 Å². The third-order valence-electron chi connectivity index (χ3n) is 3.29. The molecule has 1 aromatic heterocycles. The van der Waals surface area contributed by atoms with Crippen molar-refractivity contribution < 1.29 is 9.90 Å². The molecule has 0 fully saturated rings. The molecular weight excluding hydrogens is 240 g/mol. The summed E-state index contributed by atoms with van der Waals surface area (Å²) in [6.45, 7) is 9.38. The van der Waals surface area contributed by atoms with E-state index < -0.39 is 5.97 Å². The molecule has 4 heteroatoms. The van der Waals surface area contributed by atoms with E-state index in [-0.39, 0.29) is 11.0 Å². The smallest absolute Gasteiger partial charge is 0.337 e. The van der Waals surface area contributed by atoms with E-state index in [2.05, 4.69) is 30.3 Å². The molecule has 0 radical (unpaired) electrons. The number of benzene rings is 1. The van der Waals surface area contributed by atoms with Crippen LogP contribution in [-0.4, -0.2) is 20.6 Å². The van der Waals surface area contributed by atoms with E-state index in [1.807, 2.05) is 13.0 Å². The summed E-state index contributed by atoms with van der Waals surface area (Å²) in [4.78, 5) is 15.6. The maximum atomic E-state index is 11.2. The number of carboxylic acids is 1. The number of aromatic nitrogens is 2. The molecule has 102 valence electrons. The molecule has 2 rings (SSSR count). The topological polar surface area (TPSA) is 55.1 Å². The molecule has 4 nitrogen and oxygen atoms in total. The van der Waals surface area contributed by atoms with Crippen molar-refractivity contribution in [2.75, 3.05) is 0 Å². The van der Waals surface area contributed by atoms with Crippen molar-refractivity contribution in [2.45, 2.75) is 40.7 Å². The number of carboxylic acid groups (broad SMARTS) is 1. The third-order valence-corrected chi connectivity index (χ3v) is 3.29. The molecular formula is C15H20N2O2. The average Bonchev–Trinajstić information content (AvgIpc) is 2.60. The maximum Gasteiger partial charge on any atom is 0.337 e. The first-order chi connectivity index (χ1) is 8.79. The summed E-state index contributed by atoms with van der Waals surface area (Å²) in [5.41, 5.74) is 2.01. The first-order valence-electron chi connectivity index (χ1n) is 6.49. The minimum atomic E-state index is -0.925. The number of carbonyl (C=O) groups is 1. The van der Waals surface area contributed by atoms with E-state index in [4.69, 9.17) is 0 Å². The highest BCUT2D eigenvalue weighted by Gasteiger charge is 2.16. The van der Waals surface area contributed by atoms with Crippen LogP contribution in [0.4, 0.5) is 0 Å². The van der Waals surface area contributed by atoms with Crippen LogP contribution in [0, 0.1) is 12.3 Å². The van der Waals surface area contributed by atoms with Gasteiger partial charge >= 0.3 is 5.97 Å². The normalized spacial score (nSPS) is 12.0. The van der Waals surface area contributed by atoms with Crippen molar-refractivity contribution in [3.8, 4) is 0 Å². The minimum absolute atomic E-state index is 0.243. The molecule has 0 spiro atoms. The van der Waals surface area contributed by atoms with Crippen LogP contribution in [-0.2, 0) is 6.54 Å². The van der Waals surface area contributed by atoms with Gasteiger partial charge in [-0.15, -0.1) is 0 Å². The largest absolute Gasteiger partial charge is 0.478 e. The lowest BCUT2D eigenvalue weighted by molar-refractivity contribution is 0.0699. The van der Waals surface area contributed by atoms with Gasteiger partial charge in [-0.3, -0.25) is 0 Å². The van der Waals surface area contributed by atoms with E-state index in [0.717, 1.165) is 24.3 Å². The summed E-state index contributed by atoms with van der Waals surface area (Å²) < 4.78 is 2.10. The molecule has 0 bridgehead atoms. The molecule has 0 aliphatic rings. The van der Waals surface area contributed by atoms with E-state index in [0.29, 0.717) is 5.52 Å². The van der Waals surface area contributed by atoms with Crippen molar-refractivity contribution in [2.24, 2.45) is 5.41 Å². The second kappa shape index (κ2) is 4.68. The lowest BCUT2D eigenvalue weighted by Gasteiger charge is -2.19. The number of para-hydroxylation sites is 1. The standard InChI is InChI=1S/C15H20N2O2/c1-10-16-13-11(14(18)19)6-5-7-12(13)17(10)9-8-15(2,3)4/h5-7H,8-9H2,1-4H3,(H,18,19). The lowest BCUT2D eigenvalue weighted by atomic mass is 9.92. The Kier molecular flexibility index (Phi) is 3.35. The van der Waals surface area contributed by atoms with Gasteiger partial charge in [-0.1, -0.05) is 26.8 Å². The van der Waals surface area contributed by atoms with Crippen LogP contribution >= 0.6 is 0 Å². The highest BCUT2D eigenvalue weighted by Crippen LogP contribution is 2.24. The zero-order chi connectivity index (χ0) is 14.2. The van der Waals surface area contributed by atoms with Crippen LogP contribution in [0.5, 0.6) is 0 Å². The van der Waals surface area contributed by atoms with Crippen molar-refractivity contribution in [1.29, 1.82) is 0 Å². The molecule has 1 heterocycles. The molecule has 0 aliphatic heterocycles. The minimum Gasteiger partial charge on any atom is -0.478 e. The van der Waals surface area contributed by atoms with Gasteiger partial charge in [0.05, 0.1) is 11.1 Å². The first kappa shape index (κ1) is 13.6. The fraction of sp³-hybridized carbons (Fsp3) is 0.467. The predicted molar refractivity (Wildman–Crippen MR) is 75.5 cm³/mol. The van der Waals surface area contributed by atoms with Gasteiger partial charge in [0.15, 0.2) is 0 Å². The average molecular weight is 260 g/mol. The Hall–Kier alpha value is -1.84. The number of fused-ring (bicyclic) bond motifs is 1. The van der Waals surface area contributed by atoms with Gasteiger partial charge in [0, 0.05) is 6.54 Å². The number of hydrogen-bond acceptors (Lipinski definition) is 2. The SMILES string of the molecule is Cc1nc2c(C(=O)O)cccc2n1CCC(C)(C)C. The summed E-state index contributed by atoms with van der Waals surface area (Å²) >= 11 is 0. The molecule has 0 saturated carbocycles. The monoisotopic (exact) mass is 260 g/mol. The van der Waals surface area contributed by atoms with E-state index in [9.17, 15) is 9.90 Å². The molecule has 1 N–H and O–H groups in total. The van der Waals surface area contributed by atoms with Crippen LogP contribution in [0.25, 0.3) is 11.0 Å². The Bertz CT molecular complexity index is 621. The molecule has 0 unspecified atom stereocenters. The molecule has 19 heavy (non-hydrogen) atoms. The Balaban J connectivity index is 2.48. The van der Waals surface area contributed by atoms with Crippen molar-refractivity contribution in [1.82, 2.24) is 9.55 Å². The van der Waals surface area contributed by atoms with Gasteiger partial charge < -0.3 is 9.67 Å². The molecule has 2 aromatic rings. The van der Waals surface area contributed by atoms with Crippen LogP contribution in [0.15, 0.2) is 18.2 Å². The zero-order valence-corrected chi connectivity index (χ0v) is 11.9. The Labute approximate surface area is 113 Å². The lowest BCUT2D eigenvalue weighted by Crippen LogP contribution is -2.11. The van der Waals surface area contributed by atoms with E-state index in [1.165, 1.54) is 0 Å². The summed E-state index contributed by atoms with van der Waals surface area (Å²) in [5.74, 6) is -0.0565. The number of nitrogens with zero attached hydrogens (tertiary/aromatic N) is 2. The highest BCUT2D eigenvalue weighted by atomic mass is 16.4. The summed E-state index contributed by atoms with van der Waals surface area (Å²) in [5, 5.41) is 9.19. The van der Waals surface area contributed by atoms with Crippen molar-refractivity contribution in [3.05, 3.63) is 29.6 Å². The molecule has 0 amide bonds. The highest BCUT2D eigenvalue weighted by molar-refractivity contribution is 6.01. The Morgan fingerprint density at radius 3 is 2.63 bits per heavy atom. The van der Waals surface area contributed by atoms with Crippen molar-refractivity contribution >= 4 is 17.0 Å². The van der Waals surface area contributed by atoms with E-state index >= 15 is 0 Å². The number of rotatable bonds is 3. The van der Waals surface area contributed by atoms with Crippen LogP contribution < -0.4 is 0 Å². The van der Waals surface area contributed by atoms with Gasteiger partial charge in [-0.25, -0.2) is 9.78 Å². The Morgan fingerprint density at radius 2 is 2.05 bits per heavy atom. The van der Waals surface area contributed by atoms with Crippen LogP contribution in [0.1, 0.15) is 43.4 Å². The summed E-state index contributed by atoms with van der Waals surface area (Å²) in [6.07, 6.45) is 1.02. The van der Waals surface area contributed by atoms with Gasteiger partial charge in [-0.2, -0.15) is 0 Å². The number of hydrogen-bond donors (Lipinski definition) is 1. The van der Waals surface area contributed by atoms with E-state index in [1.54, 1.807) is 12.1 Å². The Morgan fingerprint density at radius 1 is 1.37 bits per heavy atom.